The number of aromatic nitrogens is 1. The van der Waals surface area contributed by atoms with Crippen molar-refractivity contribution in [2.45, 2.75) is 0 Å². The molecule has 0 aliphatic carbocycles. The Morgan fingerprint density at radius 2 is 1.91 bits per heavy atom. The van der Waals surface area contributed by atoms with E-state index in [1.807, 2.05) is 24.3 Å². The van der Waals surface area contributed by atoms with Gasteiger partial charge in [-0.25, -0.2) is 4.98 Å². The highest BCUT2D eigenvalue weighted by Crippen LogP contribution is 2.31. The first kappa shape index (κ1) is 14.2. The summed E-state index contributed by atoms with van der Waals surface area (Å²) < 4.78 is 1.05. The third-order valence-electron chi connectivity index (χ3n) is 3.59. The van der Waals surface area contributed by atoms with Crippen LogP contribution in [0.25, 0.3) is 21.0 Å². The van der Waals surface area contributed by atoms with Crippen LogP contribution in [0.5, 0.6) is 0 Å². The average Bonchev–Trinajstić information content (AvgIpc) is 2.97. The molecule has 112 valence electrons. The molecule has 0 aliphatic heterocycles. The van der Waals surface area contributed by atoms with Crippen LogP contribution in [-0.4, -0.2) is 10.9 Å². The summed E-state index contributed by atoms with van der Waals surface area (Å²) >= 11 is 7.39. The van der Waals surface area contributed by atoms with Crippen LogP contribution in [0.4, 0.5) is 5.13 Å². The number of carbonyl (C=O) groups is 1. The number of amides is 1. The third kappa shape index (κ3) is 2.67. The Labute approximate surface area is 141 Å². The van der Waals surface area contributed by atoms with E-state index in [1.165, 1.54) is 11.3 Å². The second-order valence-corrected chi connectivity index (χ2v) is 6.58. The molecule has 1 amide bonds. The van der Waals surface area contributed by atoms with Crippen molar-refractivity contribution in [3.05, 3.63) is 71.2 Å². The summed E-state index contributed by atoms with van der Waals surface area (Å²) in [4.78, 5) is 16.9. The smallest absolute Gasteiger partial charge is 0.257 e. The highest BCUT2D eigenvalue weighted by Gasteiger charge is 2.11. The molecule has 0 bridgehead atoms. The number of hydrogen-bond acceptors (Lipinski definition) is 3. The number of fused-ring (bicyclic) bond motifs is 3. The topological polar surface area (TPSA) is 42.0 Å². The molecular formula is C18H11ClN2OS. The van der Waals surface area contributed by atoms with Gasteiger partial charge in [-0.15, -0.1) is 0 Å². The van der Waals surface area contributed by atoms with E-state index in [1.54, 1.807) is 24.3 Å². The van der Waals surface area contributed by atoms with Crippen molar-refractivity contribution in [3.63, 3.8) is 0 Å². The van der Waals surface area contributed by atoms with Crippen LogP contribution >= 0.6 is 22.9 Å². The molecule has 3 nitrogen and oxygen atoms in total. The van der Waals surface area contributed by atoms with Gasteiger partial charge in [-0.1, -0.05) is 59.3 Å². The number of halogens is 1. The highest BCUT2D eigenvalue weighted by molar-refractivity contribution is 7.22. The Kier molecular flexibility index (Phi) is 3.48. The number of nitrogens with one attached hydrogen (secondary N) is 1. The van der Waals surface area contributed by atoms with Crippen molar-refractivity contribution in [1.29, 1.82) is 0 Å². The normalized spacial score (nSPS) is 11.0. The third-order valence-corrected chi connectivity index (χ3v) is 4.76. The Morgan fingerprint density at radius 1 is 1.04 bits per heavy atom. The summed E-state index contributed by atoms with van der Waals surface area (Å²) in [6.45, 7) is 0. The predicted molar refractivity (Wildman–Crippen MR) is 96.5 cm³/mol. The lowest BCUT2D eigenvalue weighted by atomic mass is 10.1. The van der Waals surface area contributed by atoms with Gasteiger partial charge in [0, 0.05) is 16.0 Å². The first-order valence-corrected chi connectivity index (χ1v) is 8.25. The van der Waals surface area contributed by atoms with E-state index in [0.29, 0.717) is 15.7 Å². The molecule has 1 N–H and O–H groups in total. The van der Waals surface area contributed by atoms with Gasteiger partial charge in [-0.05, 0) is 29.7 Å². The van der Waals surface area contributed by atoms with Gasteiger partial charge in [0.25, 0.3) is 5.91 Å². The molecule has 5 heteroatoms. The molecule has 3 aromatic carbocycles. The number of nitrogens with zero attached hydrogens (tertiary/aromatic N) is 1. The van der Waals surface area contributed by atoms with Crippen LogP contribution in [0.15, 0.2) is 60.7 Å². The zero-order valence-electron chi connectivity index (χ0n) is 11.9. The summed E-state index contributed by atoms with van der Waals surface area (Å²) in [5.74, 6) is -0.212. The molecular weight excluding hydrogens is 328 g/mol. The number of carbonyl (C=O) groups excluding carboxylic acids is 1. The van der Waals surface area contributed by atoms with Crippen molar-refractivity contribution in [3.8, 4) is 0 Å². The van der Waals surface area contributed by atoms with Crippen molar-refractivity contribution in [2.75, 3.05) is 5.32 Å². The van der Waals surface area contributed by atoms with Crippen LogP contribution in [0.3, 0.4) is 0 Å². The van der Waals surface area contributed by atoms with E-state index in [4.69, 9.17) is 11.6 Å². The maximum absolute atomic E-state index is 12.3. The number of thiazole rings is 1. The zero-order chi connectivity index (χ0) is 15.8. The molecule has 4 aromatic rings. The van der Waals surface area contributed by atoms with E-state index in [-0.39, 0.29) is 5.91 Å². The highest BCUT2D eigenvalue weighted by atomic mass is 35.5. The van der Waals surface area contributed by atoms with Crippen molar-refractivity contribution < 1.29 is 4.79 Å². The van der Waals surface area contributed by atoms with Crippen LogP contribution in [-0.2, 0) is 0 Å². The van der Waals surface area contributed by atoms with Crippen LogP contribution in [0, 0.1) is 0 Å². The minimum atomic E-state index is -0.212. The van der Waals surface area contributed by atoms with Gasteiger partial charge in [-0.3, -0.25) is 10.1 Å². The molecule has 1 aromatic heterocycles. The zero-order valence-corrected chi connectivity index (χ0v) is 13.5. The predicted octanol–water partition coefficient (Wildman–Crippen LogP) is 5.36. The quantitative estimate of drug-likeness (QED) is 0.535. The van der Waals surface area contributed by atoms with E-state index < -0.39 is 0 Å². The van der Waals surface area contributed by atoms with Crippen LogP contribution < -0.4 is 5.32 Å². The largest absolute Gasteiger partial charge is 0.298 e. The van der Waals surface area contributed by atoms with E-state index >= 15 is 0 Å². The Bertz CT molecular complexity index is 1040. The first-order valence-electron chi connectivity index (χ1n) is 7.06. The molecule has 23 heavy (non-hydrogen) atoms. The van der Waals surface area contributed by atoms with Gasteiger partial charge in [0.05, 0.1) is 10.2 Å². The lowest BCUT2D eigenvalue weighted by Crippen LogP contribution is -2.11. The molecule has 0 radical (unpaired) electrons. The van der Waals surface area contributed by atoms with Gasteiger partial charge in [0.15, 0.2) is 5.13 Å². The second-order valence-electron chi connectivity index (χ2n) is 5.12. The summed E-state index contributed by atoms with van der Waals surface area (Å²) in [7, 11) is 0. The summed E-state index contributed by atoms with van der Waals surface area (Å²) in [5.41, 5.74) is 1.43. The molecule has 0 atom stereocenters. The first-order chi connectivity index (χ1) is 11.2. The fourth-order valence-corrected chi connectivity index (χ4v) is 3.58. The maximum Gasteiger partial charge on any atom is 0.257 e. The van der Waals surface area contributed by atoms with Crippen LogP contribution in [0.2, 0.25) is 5.02 Å². The Morgan fingerprint density at radius 3 is 2.78 bits per heavy atom. The number of hydrogen-bond donors (Lipinski definition) is 1. The minimum absolute atomic E-state index is 0.212. The van der Waals surface area contributed by atoms with Crippen LogP contribution in [0.1, 0.15) is 10.4 Å². The lowest BCUT2D eigenvalue weighted by Gasteiger charge is -2.01. The standard InChI is InChI=1S/C18H11ClN2OS/c19-13-6-3-5-12(10-13)17(22)21-18-20-16-14-7-2-1-4-11(14)8-9-15(16)23-18/h1-10H,(H,20,21,22). The van der Waals surface area contributed by atoms with Gasteiger partial charge >= 0.3 is 0 Å². The molecule has 0 saturated heterocycles. The van der Waals surface area contributed by atoms with Gasteiger partial charge in [0.2, 0.25) is 0 Å². The molecule has 1 heterocycles. The van der Waals surface area contributed by atoms with Gasteiger partial charge in [0.1, 0.15) is 0 Å². The van der Waals surface area contributed by atoms with Gasteiger partial charge in [-0.2, -0.15) is 0 Å². The average molecular weight is 339 g/mol. The van der Waals surface area contributed by atoms with E-state index in [2.05, 4.69) is 22.4 Å². The Balaban J connectivity index is 1.72. The number of anilines is 1. The lowest BCUT2D eigenvalue weighted by molar-refractivity contribution is 0.102. The fraction of sp³-hybridized carbons (Fsp3) is 0. The molecule has 0 unspecified atom stereocenters. The van der Waals surface area contributed by atoms with Crippen molar-refractivity contribution in [1.82, 2.24) is 4.98 Å². The number of rotatable bonds is 2. The molecule has 0 spiro atoms. The molecule has 0 saturated carbocycles. The fourth-order valence-electron chi connectivity index (χ4n) is 2.51. The summed E-state index contributed by atoms with van der Waals surface area (Å²) in [5, 5.41) is 6.19. The summed E-state index contributed by atoms with van der Waals surface area (Å²) in [6, 6.07) is 19.0. The van der Waals surface area contributed by atoms with Gasteiger partial charge < -0.3 is 0 Å². The molecule has 4 rings (SSSR count). The molecule has 0 aliphatic rings. The Hall–Kier alpha value is -2.43. The SMILES string of the molecule is O=C(Nc1nc2c(ccc3ccccc32)s1)c1cccc(Cl)c1. The van der Waals surface area contributed by atoms with Crippen molar-refractivity contribution in [2.24, 2.45) is 0 Å². The summed E-state index contributed by atoms with van der Waals surface area (Å²) in [6.07, 6.45) is 0. The second kappa shape index (κ2) is 5.65. The maximum atomic E-state index is 12.3. The van der Waals surface area contributed by atoms with Crippen molar-refractivity contribution >= 4 is 55.0 Å². The number of benzene rings is 3. The van der Waals surface area contributed by atoms with E-state index in [0.717, 1.165) is 21.0 Å². The van der Waals surface area contributed by atoms with E-state index in [9.17, 15) is 4.79 Å². The monoisotopic (exact) mass is 338 g/mol. The minimum Gasteiger partial charge on any atom is -0.298 e. The molecule has 0 fully saturated rings.